The highest BCUT2D eigenvalue weighted by atomic mass is 35.5. The minimum Gasteiger partial charge on any atom is -0.271 e. The van der Waals surface area contributed by atoms with Crippen molar-refractivity contribution in [2.24, 2.45) is 5.10 Å². The van der Waals surface area contributed by atoms with Crippen LogP contribution in [0.3, 0.4) is 0 Å². The van der Waals surface area contributed by atoms with Crippen LogP contribution in [0.2, 0.25) is 10.0 Å². The zero-order valence-corrected chi connectivity index (χ0v) is 16.4. The van der Waals surface area contributed by atoms with E-state index in [2.05, 4.69) is 10.5 Å². The van der Waals surface area contributed by atoms with Gasteiger partial charge in [0.2, 0.25) is 10.0 Å². The molecule has 0 aliphatic heterocycles. The van der Waals surface area contributed by atoms with Gasteiger partial charge < -0.3 is 0 Å². The third-order valence-corrected chi connectivity index (χ3v) is 5.41. The quantitative estimate of drug-likeness (QED) is 0.582. The molecule has 1 unspecified atom stereocenters. The number of anilines is 1. The molecule has 2 aromatic carbocycles. The molecule has 0 aromatic heterocycles. The van der Waals surface area contributed by atoms with Crippen molar-refractivity contribution in [3.05, 3.63) is 64.1 Å². The van der Waals surface area contributed by atoms with E-state index < -0.39 is 22.0 Å². The van der Waals surface area contributed by atoms with E-state index in [9.17, 15) is 13.2 Å². The lowest BCUT2D eigenvalue weighted by molar-refractivity contribution is -0.121. The highest BCUT2D eigenvalue weighted by Gasteiger charge is 2.28. The maximum absolute atomic E-state index is 12.3. The summed E-state index contributed by atoms with van der Waals surface area (Å²) in [6.07, 6.45) is 2.43. The summed E-state index contributed by atoms with van der Waals surface area (Å²) in [7, 11) is -3.66. The van der Waals surface area contributed by atoms with Gasteiger partial charge in [0.05, 0.1) is 28.2 Å². The van der Waals surface area contributed by atoms with E-state index in [1.807, 2.05) is 0 Å². The fourth-order valence-corrected chi connectivity index (χ4v) is 3.72. The largest absolute Gasteiger partial charge is 0.271 e. The molecule has 2 rings (SSSR count). The molecular weight excluding hydrogens is 397 g/mol. The standard InChI is InChI=1S/C17H17Cl2N3O3S/c1-12(22(26(2,24)25)14-6-4-3-5-7-14)17(23)21-20-11-13-8-9-15(18)16(19)10-13/h3-12H,1-2H3,(H,21,23)/b20-11+. The van der Waals surface area contributed by atoms with Crippen LogP contribution in [0.15, 0.2) is 53.6 Å². The number of nitrogens with zero attached hydrogens (tertiary/aromatic N) is 2. The third-order valence-electron chi connectivity index (χ3n) is 3.43. The van der Waals surface area contributed by atoms with Crippen LogP contribution in [0.5, 0.6) is 0 Å². The first-order chi connectivity index (χ1) is 12.2. The monoisotopic (exact) mass is 413 g/mol. The Morgan fingerprint density at radius 2 is 1.81 bits per heavy atom. The molecule has 1 atom stereocenters. The normalized spacial score (nSPS) is 12.8. The highest BCUT2D eigenvalue weighted by molar-refractivity contribution is 7.92. The van der Waals surface area contributed by atoms with Crippen LogP contribution in [0.1, 0.15) is 12.5 Å². The fourth-order valence-electron chi connectivity index (χ4n) is 2.24. The van der Waals surface area contributed by atoms with Gasteiger partial charge in [-0.05, 0) is 36.8 Å². The van der Waals surface area contributed by atoms with Crippen molar-refractivity contribution in [3.63, 3.8) is 0 Å². The van der Waals surface area contributed by atoms with Gasteiger partial charge in [0.1, 0.15) is 6.04 Å². The van der Waals surface area contributed by atoms with E-state index in [0.29, 0.717) is 21.3 Å². The molecule has 138 valence electrons. The highest BCUT2D eigenvalue weighted by Crippen LogP contribution is 2.22. The number of para-hydroxylation sites is 1. The topological polar surface area (TPSA) is 78.8 Å². The zero-order valence-electron chi connectivity index (χ0n) is 14.1. The summed E-state index contributed by atoms with van der Waals surface area (Å²) in [6, 6.07) is 12.3. The van der Waals surface area contributed by atoms with E-state index in [-0.39, 0.29) is 0 Å². The van der Waals surface area contributed by atoms with Crippen LogP contribution in [-0.4, -0.2) is 32.8 Å². The molecule has 6 nitrogen and oxygen atoms in total. The average molecular weight is 414 g/mol. The van der Waals surface area contributed by atoms with E-state index in [0.717, 1.165) is 10.6 Å². The Labute approximate surface area is 162 Å². The van der Waals surface area contributed by atoms with Crippen molar-refractivity contribution >= 4 is 51.0 Å². The minimum absolute atomic E-state index is 0.364. The van der Waals surface area contributed by atoms with Crippen LogP contribution < -0.4 is 9.73 Å². The van der Waals surface area contributed by atoms with E-state index >= 15 is 0 Å². The molecule has 26 heavy (non-hydrogen) atoms. The van der Waals surface area contributed by atoms with Gasteiger partial charge in [0.25, 0.3) is 5.91 Å². The van der Waals surface area contributed by atoms with Gasteiger partial charge >= 0.3 is 0 Å². The summed E-state index contributed by atoms with van der Waals surface area (Å²) in [6.45, 7) is 1.48. The number of benzene rings is 2. The first-order valence-electron chi connectivity index (χ1n) is 7.52. The van der Waals surface area contributed by atoms with E-state index in [4.69, 9.17) is 23.2 Å². The number of rotatable bonds is 6. The van der Waals surface area contributed by atoms with Gasteiger partial charge in [-0.25, -0.2) is 13.8 Å². The fraction of sp³-hybridized carbons (Fsp3) is 0.176. The second-order valence-electron chi connectivity index (χ2n) is 5.48. The van der Waals surface area contributed by atoms with Gasteiger partial charge in [-0.2, -0.15) is 5.10 Å². The molecule has 0 heterocycles. The summed E-state index contributed by atoms with van der Waals surface area (Å²) < 4.78 is 25.3. The Balaban J connectivity index is 2.14. The van der Waals surface area contributed by atoms with Gasteiger partial charge in [-0.15, -0.1) is 0 Å². The predicted molar refractivity (Wildman–Crippen MR) is 105 cm³/mol. The first-order valence-corrected chi connectivity index (χ1v) is 10.1. The van der Waals surface area contributed by atoms with Crippen LogP contribution in [0.4, 0.5) is 5.69 Å². The molecule has 0 aliphatic rings. The number of halogens is 2. The van der Waals surface area contributed by atoms with Crippen molar-refractivity contribution in [3.8, 4) is 0 Å². The summed E-state index contributed by atoms with van der Waals surface area (Å²) in [4.78, 5) is 12.3. The molecule has 0 fully saturated rings. The molecular formula is C17H17Cl2N3O3S. The van der Waals surface area contributed by atoms with Crippen LogP contribution in [-0.2, 0) is 14.8 Å². The van der Waals surface area contributed by atoms with Crippen LogP contribution >= 0.6 is 23.2 Å². The van der Waals surface area contributed by atoms with Gasteiger partial charge in [0.15, 0.2) is 0 Å². The zero-order chi connectivity index (χ0) is 19.3. The summed E-state index contributed by atoms with van der Waals surface area (Å²) >= 11 is 11.7. The number of nitrogens with one attached hydrogen (secondary N) is 1. The van der Waals surface area contributed by atoms with Crippen molar-refractivity contribution in [1.29, 1.82) is 0 Å². The average Bonchev–Trinajstić information content (AvgIpc) is 2.57. The molecule has 9 heteroatoms. The molecule has 1 N–H and O–H groups in total. The van der Waals surface area contributed by atoms with Crippen molar-refractivity contribution in [2.75, 3.05) is 10.6 Å². The number of amides is 1. The molecule has 0 saturated carbocycles. The molecule has 2 aromatic rings. The Bertz CT molecular complexity index is 918. The maximum atomic E-state index is 12.3. The Morgan fingerprint density at radius 1 is 1.15 bits per heavy atom. The lowest BCUT2D eigenvalue weighted by Crippen LogP contribution is -2.46. The van der Waals surface area contributed by atoms with E-state index in [1.54, 1.807) is 48.5 Å². The first kappa shape index (κ1) is 20.2. The predicted octanol–water partition coefficient (Wildman–Crippen LogP) is 3.30. The molecule has 0 spiro atoms. The maximum Gasteiger partial charge on any atom is 0.263 e. The minimum atomic E-state index is -3.66. The second kappa shape index (κ2) is 8.53. The Morgan fingerprint density at radius 3 is 2.38 bits per heavy atom. The molecule has 1 amide bonds. The third kappa shape index (κ3) is 5.20. The Hall–Kier alpha value is -2.09. The lowest BCUT2D eigenvalue weighted by Gasteiger charge is -2.27. The van der Waals surface area contributed by atoms with Gasteiger partial charge in [0, 0.05) is 0 Å². The number of hydrogen-bond donors (Lipinski definition) is 1. The number of sulfonamides is 1. The van der Waals surface area contributed by atoms with Crippen molar-refractivity contribution in [1.82, 2.24) is 5.43 Å². The molecule has 0 radical (unpaired) electrons. The van der Waals surface area contributed by atoms with Gasteiger partial charge in [-0.3, -0.25) is 9.10 Å². The van der Waals surface area contributed by atoms with Crippen LogP contribution in [0, 0.1) is 0 Å². The smallest absolute Gasteiger partial charge is 0.263 e. The Kier molecular flexibility index (Phi) is 6.63. The second-order valence-corrected chi connectivity index (χ2v) is 8.15. The van der Waals surface area contributed by atoms with Crippen molar-refractivity contribution in [2.45, 2.75) is 13.0 Å². The summed E-state index contributed by atoms with van der Waals surface area (Å²) in [5, 5.41) is 4.62. The lowest BCUT2D eigenvalue weighted by atomic mass is 10.2. The number of carbonyl (C=O) groups is 1. The molecule has 0 bridgehead atoms. The molecule has 0 saturated heterocycles. The van der Waals surface area contributed by atoms with Gasteiger partial charge in [-0.1, -0.05) is 47.5 Å². The van der Waals surface area contributed by atoms with E-state index in [1.165, 1.54) is 13.1 Å². The molecule has 0 aliphatic carbocycles. The van der Waals surface area contributed by atoms with Crippen LogP contribution in [0.25, 0.3) is 0 Å². The summed E-state index contributed by atoms with van der Waals surface area (Å²) in [5.74, 6) is -0.574. The number of carbonyl (C=O) groups excluding carboxylic acids is 1. The van der Waals surface area contributed by atoms with Crippen molar-refractivity contribution < 1.29 is 13.2 Å². The number of hydrazone groups is 1. The number of hydrogen-bond acceptors (Lipinski definition) is 4. The SMILES string of the molecule is CC(C(=O)N/N=C/c1ccc(Cl)c(Cl)c1)N(c1ccccc1)S(C)(=O)=O. The summed E-state index contributed by atoms with van der Waals surface area (Å²) in [5.41, 5.74) is 3.36.